The van der Waals surface area contributed by atoms with Crippen molar-refractivity contribution in [2.45, 2.75) is 6.92 Å². The van der Waals surface area contributed by atoms with Crippen molar-refractivity contribution in [2.24, 2.45) is 7.05 Å². The molecule has 7 heteroatoms. The van der Waals surface area contributed by atoms with Crippen LogP contribution < -0.4 is 16.2 Å². The minimum absolute atomic E-state index is 0.167. The highest BCUT2D eigenvalue weighted by Gasteiger charge is 2.07. The Morgan fingerprint density at radius 3 is 2.46 bits per heavy atom. The summed E-state index contributed by atoms with van der Waals surface area (Å²) in [7, 11) is 1.60. The second-order valence-electron chi connectivity index (χ2n) is 5.75. The summed E-state index contributed by atoms with van der Waals surface area (Å²) in [5.74, 6) is 0. The summed E-state index contributed by atoms with van der Waals surface area (Å²) < 4.78 is 1.28. The molecule has 3 aromatic rings. The number of benzene rings is 2. The van der Waals surface area contributed by atoms with E-state index in [2.05, 4.69) is 15.7 Å². The molecule has 2 N–H and O–H groups in total. The summed E-state index contributed by atoms with van der Waals surface area (Å²) in [6, 6.07) is 15.3. The number of anilines is 2. The van der Waals surface area contributed by atoms with Gasteiger partial charge in [0.1, 0.15) is 0 Å². The van der Waals surface area contributed by atoms with Crippen LogP contribution in [0.2, 0.25) is 5.02 Å². The number of carbonyl (C=O) groups excluding carboxylic acids is 1. The summed E-state index contributed by atoms with van der Waals surface area (Å²) in [5, 5.41) is 10.3. The molecule has 0 aliphatic rings. The number of hydrogen-bond acceptors (Lipinski definition) is 3. The molecule has 0 radical (unpaired) electrons. The molecule has 2 aromatic carbocycles. The largest absolute Gasteiger partial charge is 0.323 e. The van der Waals surface area contributed by atoms with Crippen molar-refractivity contribution in [3.8, 4) is 11.3 Å². The topological polar surface area (TPSA) is 76.0 Å². The smallest absolute Gasteiger partial charge is 0.308 e. The molecule has 132 valence electrons. The van der Waals surface area contributed by atoms with Gasteiger partial charge >= 0.3 is 6.03 Å². The molecule has 2 amide bonds. The molecule has 0 saturated carbocycles. The van der Waals surface area contributed by atoms with Gasteiger partial charge in [0.05, 0.1) is 5.69 Å². The van der Waals surface area contributed by atoms with Crippen molar-refractivity contribution in [1.82, 2.24) is 9.78 Å². The lowest BCUT2D eigenvalue weighted by molar-refractivity contribution is 0.262. The van der Waals surface area contributed by atoms with Crippen LogP contribution in [0.4, 0.5) is 16.2 Å². The first-order valence-corrected chi connectivity index (χ1v) is 8.30. The maximum atomic E-state index is 12.2. The van der Waals surface area contributed by atoms with Gasteiger partial charge in [-0.3, -0.25) is 4.79 Å². The molecule has 0 saturated heterocycles. The monoisotopic (exact) mass is 368 g/mol. The number of rotatable bonds is 3. The van der Waals surface area contributed by atoms with Gasteiger partial charge in [0.2, 0.25) is 0 Å². The van der Waals surface area contributed by atoms with Crippen molar-refractivity contribution in [1.29, 1.82) is 0 Å². The Labute approximate surface area is 155 Å². The Kier molecular flexibility index (Phi) is 5.04. The summed E-state index contributed by atoms with van der Waals surface area (Å²) in [6.45, 7) is 1.84. The molecule has 1 heterocycles. The van der Waals surface area contributed by atoms with Crippen LogP contribution in [0, 0.1) is 6.92 Å². The molecule has 0 spiro atoms. The number of nitrogens with zero attached hydrogens (tertiary/aromatic N) is 2. The van der Waals surface area contributed by atoms with E-state index in [1.54, 1.807) is 43.4 Å². The van der Waals surface area contributed by atoms with Crippen LogP contribution >= 0.6 is 11.6 Å². The maximum absolute atomic E-state index is 12.2. The first kappa shape index (κ1) is 17.7. The Balaban J connectivity index is 1.70. The third kappa shape index (κ3) is 3.92. The van der Waals surface area contributed by atoms with E-state index >= 15 is 0 Å². The molecule has 3 rings (SSSR count). The van der Waals surface area contributed by atoms with Crippen molar-refractivity contribution >= 4 is 29.0 Å². The lowest BCUT2D eigenvalue weighted by Gasteiger charge is -2.11. The highest BCUT2D eigenvalue weighted by molar-refractivity contribution is 6.31. The summed E-state index contributed by atoms with van der Waals surface area (Å²) >= 11 is 6.06. The molecule has 0 bridgehead atoms. The Hall–Kier alpha value is -3.12. The number of urea groups is 1. The van der Waals surface area contributed by atoms with Crippen LogP contribution in [0.1, 0.15) is 5.56 Å². The van der Waals surface area contributed by atoms with E-state index in [0.717, 1.165) is 11.1 Å². The van der Waals surface area contributed by atoms with Crippen LogP contribution in [-0.4, -0.2) is 15.8 Å². The maximum Gasteiger partial charge on any atom is 0.323 e. The van der Waals surface area contributed by atoms with Gasteiger partial charge in [-0.05, 0) is 42.8 Å². The van der Waals surface area contributed by atoms with Crippen molar-refractivity contribution in [3.63, 3.8) is 0 Å². The number of carbonyl (C=O) groups is 1. The third-order valence-corrected chi connectivity index (χ3v) is 4.32. The minimum atomic E-state index is -0.358. The van der Waals surface area contributed by atoms with Crippen LogP contribution in [0.25, 0.3) is 11.3 Å². The second kappa shape index (κ2) is 7.41. The molecule has 26 heavy (non-hydrogen) atoms. The van der Waals surface area contributed by atoms with Gasteiger partial charge in [-0.15, -0.1) is 0 Å². The normalized spacial score (nSPS) is 10.4. The second-order valence-corrected chi connectivity index (χ2v) is 6.16. The number of aromatic nitrogens is 2. The van der Waals surface area contributed by atoms with Crippen molar-refractivity contribution < 1.29 is 4.79 Å². The molecule has 0 fully saturated rings. The quantitative estimate of drug-likeness (QED) is 0.732. The minimum Gasteiger partial charge on any atom is -0.308 e. The predicted octanol–water partition coefficient (Wildman–Crippen LogP) is 4.05. The van der Waals surface area contributed by atoms with E-state index in [1.165, 1.54) is 10.7 Å². The lowest BCUT2D eigenvalue weighted by atomic mass is 10.1. The predicted molar refractivity (Wildman–Crippen MR) is 104 cm³/mol. The van der Waals surface area contributed by atoms with Gasteiger partial charge in [0.15, 0.2) is 0 Å². The summed E-state index contributed by atoms with van der Waals surface area (Å²) in [6.07, 6.45) is 0. The van der Waals surface area contributed by atoms with Crippen LogP contribution in [0.5, 0.6) is 0 Å². The van der Waals surface area contributed by atoms with Crippen molar-refractivity contribution in [3.05, 3.63) is 75.5 Å². The number of hydrogen-bond donors (Lipinski definition) is 2. The van der Waals surface area contributed by atoms with Gasteiger partial charge in [-0.1, -0.05) is 29.8 Å². The Bertz CT molecular complexity index is 1010. The van der Waals surface area contributed by atoms with Crippen LogP contribution in [0.3, 0.4) is 0 Å². The molecule has 1 aromatic heterocycles. The molecule has 6 nitrogen and oxygen atoms in total. The van der Waals surface area contributed by atoms with Gasteiger partial charge in [0.25, 0.3) is 5.56 Å². The average Bonchev–Trinajstić information content (AvgIpc) is 2.62. The lowest BCUT2D eigenvalue weighted by Crippen LogP contribution is -2.20. The number of aryl methyl sites for hydroxylation is 1. The van der Waals surface area contributed by atoms with Crippen LogP contribution in [-0.2, 0) is 7.05 Å². The zero-order valence-corrected chi connectivity index (χ0v) is 15.0. The molecule has 0 unspecified atom stereocenters. The number of amides is 2. The molecular formula is C19H17ClN4O2. The highest BCUT2D eigenvalue weighted by Crippen LogP contribution is 2.23. The molecule has 0 atom stereocenters. The van der Waals surface area contributed by atoms with E-state index in [0.29, 0.717) is 22.1 Å². The average molecular weight is 369 g/mol. The standard InChI is InChI=1S/C19H17ClN4O2/c1-12-15(20)4-3-5-16(12)22-19(26)21-14-8-6-13(7-9-14)17-10-11-18(25)24(2)23-17/h3-11H,1-2H3,(H2,21,22,26). The molecular weight excluding hydrogens is 352 g/mol. The molecule has 0 aliphatic heterocycles. The highest BCUT2D eigenvalue weighted by atomic mass is 35.5. The fraction of sp³-hybridized carbons (Fsp3) is 0.105. The van der Waals surface area contributed by atoms with E-state index in [1.807, 2.05) is 19.1 Å². The number of nitrogens with one attached hydrogen (secondary N) is 2. The van der Waals surface area contributed by atoms with Gasteiger partial charge < -0.3 is 10.6 Å². The zero-order valence-electron chi connectivity index (χ0n) is 14.3. The van der Waals surface area contributed by atoms with Gasteiger partial charge in [-0.25, -0.2) is 9.48 Å². The zero-order chi connectivity index (χ0) is 18.7. The Morgan fingerprint density at radius 1 is 1.04 bits per heavy atom. The summed E-state index contributed by atoms with van der Waals surface area (Å²) in [5.41, 5.74) is 3.45. The van der Waals surface area contributed by atoms with Gasteiger partial charge in [0, 0.05) is 35.1 Å². The summed E-state index contributed by atoms with van der Waals surface area (Å²) in [4.78, 5) is 23.6. The van der Waals surface area contributed by atoms with E-state index < -0.39 is 0 Å². The Morgan fingerprint density at radius 2 is 1.77 bits per heavy atom. The number of halogens is 1. The molecule has 0 aliphatic carbocycles. The van der Waals surface area contributed by atoms with E-state index in [9.17, 15) is 9.59 Å². The first-order valence-electron chi connectivity index (χ1n) is 7.92. The SMILES string of the molecule is Cc1c(Cl)cccc1NC(=O)Nc1ccc(-c2ccc(=O)n(C)n2)cc1. The van der Waals surface area contributed by atoms with Crippen LogP contribution in [0.15, 0.2) is 59.4 Å². The van der Waals surface area contributed by atoms with Gasteiger partial charge in [-0.2, -0.15) is 5.10 Å². The first-order chi connectivity index (χ1) is 12.4. The third-order valence-electron chi connectivity index (χ3n) is 3.91. The fourth-order valence-corrected chi connectivity index (χ4v) is 2.58. The fourth-order valence-electron chi connectivity index (χ4n) is 2.41. The van der Waals surface area contributed by atoms with E-state index in [4.69, 9.17) is 11.6 Å². The van der Waals surface area contributed by atoms with E-state index in [-0.39, 0.29) is 11.6 Å². The van der Waals surface area contributed by atoms with Crippen molar-refractivity contribution in [2.75, 3.05) is 10.6 Å².